The first-order chi connectivity index (χ1) is 13.6. The highest BCUT2D eigenvalue weighted by atomic mass is 16.5. The Morgan fingerprint density at radius 3 is 2.54 bits per heavy atom. The van der Waals surface area contributed by atoms with Crippen molar-refractivity contribution in [2.24, 2.45) is 0 Å². The Labute approximate surface area is 163 Å². The molecular formula is C21H22N4O3. The van der Waals surface area contributed by atoms with Crippen molar-refractivity contribution in [3.05, 3.63) is 72.6 Å². The van der Waals surface area contributed by atoms with Crippen molar-refractivity contribution < 1.29 is 14.3 Å². The first kappa shape index (κ1) is 19.2. The van der Waals surface area contributed by atoms with Crippen LogP contribution in [0.15, 0.2) is 67.0 Å². The molecular weight excluding hydrogens is 356 g/mol. The van der Waals surface area contributed by atoms with E-state index in [9.17, 15) is 9.59 Å². The number of aromatic nitrogens is 2. The Morgan fingerprint density at radius 1 is 1.07 bits per heavy atom. The van der Waals surface area contributed by atoms with E-state index in [1.54, 1.807) is 59.4 Å². The topological polar surface area (TPSA) is 85.3 Å². The molecule has 0 saturated carbocycles. The molecule has 7 heteroatoms. The van der Waals surface area contributed by atoms with E-state index in [-0.39, 0.29) is 17.9 Å². The van der Waals surface area contributed by atoms with Crippen molar-refractivity contribution in [1.29, 1.82) is 0 Å². The van der Waals surface area contributed by atoms with Crippen molar-refractivity contribution in [3.8, 4) is 5.75 Å². The Balaban J connectivity index is 1.63. The number of carbonyl (C=O) groups is 2. The molecule has 144 valence electrons. The van der Waals surface area contributed by atoms with E-state index in [1.165, 1.54) is 7.11 Å². The third-order valence-electron chi connectivity index (χ3n) is 4.21. The minimum absolute atomic E-state index is 0.0524. The highest BCUT2D eigenvalue weighted by Crippen LogP contribution is 2.21. The molecule has 2 N–H and O–H groups in total. The van der Waals surface area contributed by atoms with Crippen LogP contribution in [-0.2, 0) is 4.79 Å². The monoisotopic (exact) mass is 378 g/mol. The molecule has 1 aromatic heterocycles. The molecule has 28 heavy (non-hydrogen) atoms. The van der Waals surface area contributed by atoms with Crippen LogP contribution in [0, 0.1) is 0 Å². The molecule has 1 atom stereocenters. The number of anilines is 2. The minimum atomic E-state index is -0.284. The molecule has 0 bridgehead atoms. The van der Waals surface area contributed by atoms with Crippen LogP contribution in [0.1, 0.15) is 29.7 Å². The number of hydrogen-bond donors (Lipinski definition) is 2. The lowest BCUT2D eigenvalue weighted by molar-refractivity contribution is -0.116. The molecule has 0 radical (unpaired) electrons. The van der Waals surface area contributed by atoms with Gasteiger partial charge in [0.15, 0.2) is 0 Å². The van der Waals surface area contributed by atoms with Crippen LogP contribution < -0.4 is 15.4 Å². The van der Waals surface area contributed by atoms with E-state index in [1.807, 2.05) is 19.2 Å². The van der Waals surface area contributed by atoms with Gasteiger partial charge < -0.3 is 15.4 Å². The summed E-state index contributed by atoms with van der Waals surface area (Å²) in [6.45, 7) is 1.93. The van der Waals surface area contributed by atoms with Crippen molar-refractivity contribution in [3.63, 3.8) is 0 Å². The van der Waals surface area contributed by atoms with Crippen molar-refractivity contribution in [1.82, 2.24) is 9.78 Å². The van der Waals surface area contributed by atoms with Gasteiger partial charge in [0, 0.05) is 30.2 Å². The van der Waals surface area contributed by atoms with Gasteiger partial charge in [-0.25, -0.2) is 0 Å². The van der Waals surface area contributed by atoms with E-state index >= 15 is 0 Å². The molecule has 0 spiro atoms. The largest absolute Gasteiger partial charge is 0.496 e. The molecule has 2 amide bonds. The molecule has 0 aliphatic rings. The average molecular weight is 378 g/mol. The number of ether oxygens (including phenoxy) is 1. The maximum atomic E-state index is 12.5. The number of hydrogen-bond acceptors (Lipinski definition) is 4. The summed E-state index contributed by atoms with van der Waals surface area (Å²) in [6, 6.07) is 15.8. The molecule has 0 aliphatic carbocycles. The highest BCUT2D eigenvalue weighted by molar-refractivity contribution is 6.06. The molecule has 0 aliphatic heterocycles. The molecule has 0 saturated heterocycles. The van der Waals surface area contributed by atoms with E-state index in [0.29, 0.717) is 29.1 Å². The standard InChI is InChI=1S/C21H22N4O3/c1-15(25-12-6-11-22-25)13-20(26)23-16-7-5-8-17(14-16)24-21(27)18-9-3-4-10-19(18)28-2/h3-12,14-15H,13H2,1-2H3,(H,23,26)(H,24,27). The molecule has 0 fully saturated rings. The first-order valence-electron chi connectivity index (χ1n) is 8.90. The zero-order valence-corrected chi connectivity index (χ0v) is 15.8. The normalized spacial score (nSPS) is 11.5. The van der Waals surface area contributed by atoms with E-state index < -0.39 is 0 Å². The number of methoxy groups -OCH3 is 1. The van der Waals surface area contributed by atoms with E-state index in [4.69, 9.17) is 4.74 Å². The molecule has 7 nitrogen and oxygen atoms in total. The van der Waals surface area contributed by atoms with Crippen LogP contribution in [0.5, 0.6) is 5.75 Å². The SMILES string of the molecule is COc1ccccc1C(=O)Nc1cccc(NC(=O)CC(C)n2cccn2)c1. The number of benzene rings is 2. The molecule has 1 unspecified atom stereocenters. The van der Waals surface area contributed by atoms with Crippen LogP contribution >= 0.6 is 0 Å². The first-order valence-corrected chi connectivity index (χ1v) is 8.90. The van der Waals surface area contributed by atoms with Gasteiger partial charge in [-0.15, -0.1) is 0 Å². The van der Waals surface area contributed by atoms with Gasteiger partial charge in [-0.3, -0.25) is 14.3 Å². The van der Waals surface area contributed by atoms with Crippen LogP contribution in [0.25, 0.3) is 0 Å². The number of nitrogens with zero attached hydrogens (tertiary/aromatic N) is 2. The second-order valence-corrected chi connectivity index (χ2v) is 6.32. The maximum Gasteiger partial charge on any atom is 0.259 e. The summed E-state index contributed by atoms with van der Waals surface area (Å²) in [5.41, 5.74) is 1.62. The summed E-state index contributed by atoms with van der Waals surface area (Å²) >= 11 is 0. The molecule has 3 rings (SSSR count). The molecule has 3 aromatic rings. The number of para-hydroxylation sites is 1. The lowest BCUT2D eigenvalue weighted by atomic mass is 10.1. The van der Waals surface area contributed by atoms with Crippen LogP contribution in [-0.4, -0.2) is 28.7 Å². The quantitative estimate of drug-likeness (QED) is 0.656. The van der Waals surface area contributed by atoms with Gasteiger partial charge in [0.25, 0.3) is 5.91 Å². The second-order valence-electron chi connectivity index (χ2n) is 6.32. The number of amides is 2. The Bertz CT molecular complexity index is 954. The second kappa shape index (κ2) is 8.85. The van der Waals surface area contributed by atoms with Gasteiger partial charge in [0.2, 0.25) is 5.91 Å². The van der Waals surface area contributed by atoms with Gasteiger partial charge in [-0.2, -0.15) is 5.10 Å². The van der Waals surface area contributed by atoms with Crippen LogP contribution in [0.4, 0.5) is 11.4 Å². The summed E-state index contributed by atoms with van der Waals surface area (Å²) in [6.07, 6.45) is 3.80. The Hall–Kier alpha value is -3.61. The highest BCUT2D eigenvalue weighted by Gasteiger charge is 2.13. The molecule has 1 heterocycles. The van der Waals surface area contributed by atoms with Crippen LogP contribution in [0.2, 0.25) is 0 Å². The average Bonchev–Trinajstić information content (AvgIpc) is 3.23. The summed E-state index contributed by atoms with van der Waals surface area (Å²) in [7, 11) is 1.52. The maximum absolute atomic E-state index is 12.5. The van der Waals surface area contributed by atoms with Gasteiger partial charge in [-0.1, -0.05) is 18.2 Å². The predicted molar refractivity (Wildman–Crippen MR) is 108 cm³/mol. The van der Waals surface area contributed by atoms with Crippen molar-refractivity contribution >= 4 is 23.2 Å². The Kier molecular flexibility index (Phi) is 6.06. The van der Waals surface area contributed by atoms with Crippen molar-refractivity contribution in [2.45, 2.75) is 19.4 Å². The summed E-state index contributed by atoms with van der Waals surface area (Å²) < 4.78 is 6.96. The summed E-state index contributed by atoms with van der Waals surface area (Å²) in [5.74, 6) is 0.0847. The van der Waals surface area contributed by atoms with E-state index in [2.05, 4.69) is 15.7 Å². The smallest absolute Gasteiger partial charge is 0.259 e. The van der Waals surface area contributed by atoms with E-state index in [0.717, 1.165) is 0 Å². The summed E-state index contributed by atoms with van der Waals surface area (Å²) in [4.78, 5) is 24.8. The lowest BCUT2D eigenvalue weighted by Gasteiger charge is -2.13. The van der Waals surface area contributed by atoms with Gasteiger partial charge in [0.1, 0.15) is 5.75 Å². The van der Waals surface area contributed by atoms with Gasteiger partial charge >= 0.3 is 0 Å². The number of rotatable bonds is 7. The molecule has 2 aromatic carbocycles. The van der Waals surface area contributed by atoms with Gasteiger partial charge in [-0.05, 0) is 43.3 Å². The van der Waals surface area contributed by atoms with Crippen LogP contribution in [0.3, 0.4) is 0 Å². The third kappa shape index (κ3) is 4.76. The fourth-order valence-corrected chi connectivity index (χ4v) is 2.82. The number of carbonyl (C=O) groups excluding carboxylic acids is 2. The number of nitrogens with one attached hydrogen (secondary N) is 2. The fraction of sp³-hybridized carbons (Fsp3) is 0.190. The lowest BCUT2D eigenvalue weighted by Crippen LogP contribution is -2.18. The predicted octanol–water partition coefficient (Wildman–Crippen LogP) is 3.73. The summed E-state index contributed by atoms with van der Waals surface area (Å²) in [5, 5.41) is 9.82. The zero-order valence-electron chi connectivity index (χ0n) is 15.8. The zero-order chi connectivity index (χ0) is 19.9. The Morgan fingerprint density at radius 2 is 1.82 bits per heavy atom. The third-order valence-corrected chi connectivity index (χ3v) is 4.21. The van der Waals surface area contributed by atoms with Crippen molar-refractivity contribution in [2.75, 3.05) is 17.7 Å². The fourth-order valence-electron chi connectivity index (χ4n) is 2.82. The minimum Gasteiger partial charge on any atom is -0.496 e. The van der Waals surface area contributed by atoms with Gasteiger partial charge in [0.05, 0.1) is 18.7 Å².